The molecule has 1 heterocycles. The maximum atomic E-state index is 12.7. The molecule has 0 saturated carbocycles. The van der Waals surface area contributed by atoms with E-state index in [4.69, 9.17) is 0 Å². The van der Waals surface area contributed by atoms with Crippen LogP contribution in [0.25, 0.3) is 16.5 Å². The summed E-state index contributed by atoms with van der Waals surface area (Å²) in [5.41, 5.74) is 3.58. The second kappa shape index (κ2) is 13.0. The Morgan fingerprint density at radius 1 is 1.19 bits per heavy atom. The van der Waals surface area contributed by atoms with Crippen molar-refractivity contribution in [2.75, 3.05) is 7.11 Å². The van der Waals surface area contributed by atoms with Crippen LogP contribution in [0.4, 0.5) is 13.2 Å². The summed E-state index contributed by atoms with van der Waals surface area (Å²) in [4.78, 5) is 11.6. The monoisotopic (exact) mass is 533 g/mol. The van der Waals surface area contributed by atoms with Gasteiger partial charge < -0.3 is 4.74 Å². The largest absolute Gasteiger partial charge is 0.492 e. The van der Waals surface area contributed by atoms with Crippen LogP contribution in [-0.4, -0.2) is 13.1 Å². The molecule has 0 aliphatic heterocycles. The van der Waals surface area contributed by atoms with Gasteiger partial charge in [-0.3, -0.25) is 11.7 Å². The molecule has 1 radical (unpaired) electrons. The average molecular weight is 533 g/mol. The molecular weight excluding hydrogens is 510 g/mol. The van der Waals surface area contributed by atoms with E-state index < -0.39 is 17.7 Å². The van der Waals surface area contributed by atoms with Crippen LogP contribution in [0.3, 0.4) is 0 Å². The minimum atomic E-state index is -4.31. The summed E-state index contributed by atoms with van der Waals surface area (Å²) in [6, 6.07) is 16.6. The summed E-state index contributed by atoms with van der Waals surface area (Å²) in [7, 11) is 1.29. The summed E-state index contributed by atoms with van der Waals surface area (Å²) in [5, 5.41) is 0. The number of hydrogen-bond donors (Lipinski definition) is 0. The number of carbonyl (C=O) groups excluding carboxylic acids is 1. The van der Waals surface area contributed by atoms with Crippen LogP contribution in [0.1, 0.15) is 27.1 Å². The zero-order valence-corrected chi connectivity index (χ0v) is 21.6. The van der Waals surface area contributed by atoms with Gasteiger partial charge in [0.15, 0.2) is 5.97 Å². The van der Waals surface area contributed by atoms with Crippen molar-refractivity contribution in [2.45, 2.75) is 25.9 Å². The van der Waals surface area contributed by atoms with Gasteiger partial charge in [-0.05, 0) is 42.2 Å². The molecule has 0 aliphatic rings. The summed E-state index contributed by atoms with van der Waals surface area (Å²) in [5.74, 6) is -0.495. The second-order valence-electron chi connectivity index (χ2n) is 6.72. The van der Waals surface area contributed by atoms with Gasteiger partial charge in [0.1, 0.15) is 0 Å². The van der Waals surface area contributed by atoms with Crippen LogP contribution < -0.4 is 0 Å². The third kappa shape index (κ3) is 8.57. The molecule has 0 N–H and O–H groups in total. The Hall–Kier alpha value is -1.89. The number of carbonyl (C=O) groups is 1. The topological polar surface area (TPSA) is 26.3 Å². The van der Waals surface area contributed by atoms with E-state index in [0.717, 1.165) is 46.5 Å². The predicted octanol–water partition coefficient (Wildman–Crippen LogP) is 6.96. The summed E-state index contributed by atoms with van der Waals surface area (Å²) in [6.07, 6.45) is -0.723. The van der Waals surface area contributed by atoms with Gasteiger partial charge in [0, 0.05) is 42.5 Å². The van der Waals surface area contributed by atoms with Gasteiger partial charge >= 0.3 is 6.18 Å². The summed E-state index contributed by atoms with van der Waals surface area (Å²) < 4.78 is 42.2. The average Bonchev–Trinajstić information content (AvgIpc) is 3.15. The van der Waals surface area contributed by atoms with Gasteiger partial charge in [-0.1, -0.05) is 31.7 Å². The molecular formula is C25H23F3O2SY-2. The van der Waals surface area contributed by atoms with Gasteiger partial charge in [0.05, 0.1) is 12.7 Å². The number of aryl methyl sites for hydroxylation is 3. The van der Waals surface area contributed by atoms with Crippen molar-refractivity contribution in [3.05, 3.63) is 95.2 Å². The Kier molecular flexibility index (Phi) is 11.4. The number of benzene rings is 2. The fourth-order valence-electron chi connectivity index (χ4n) is 2.84. The zero-order chi connectivity index (χ0) is 23.0. The minimum Gasteiger partial charge on any atom is -0.492 e. The summed E-state index contributed by atoms with van der Waals surface area (Å²) in [6.45, 7) is 8.78. The molecule has 7 heteroatoms. The molecule has 1 aromatic heterocycles. The van der Waals surface area contributed by atoms with Gasteiger partial charge in [-0.15, -0.1) is 11.3 Å². The van der Waals surface area contributed by atoms with Gasteiger partial charge in [0.2, 0.25) is 0 Å². The molecule has 0 saturated heterocycles. The molecule has 0 aliphatic carbocycles. The quantitative estimate of drug-likeness (QED) is 0.262. The van der Waals surface area contributed by atoms with Crippen LogP contribution in [0.2, 0.25) is 0 Å². The predicted molar refractivity (Wildman–Crippen MR) is 120 cm³/mol. The molecule has 0 atom stereocenters. The van der Waals surface area contributed by atoms with Gasteiger partial charge in [-0.25, -0.2) is 0 Å². The number of methoxy groups -OCH3 is 1. The number of esters is 1. The number of thiophene rings is 1. The summed E-state index contributed by atoms with van der Waals surface area (Å²) >= 11 is 1.61. The first-order chi connectivity index (χ1) is 14.6. The zero-order valence-electron chi connectivity index (χ0n) is 18.0. The van der Waals surface area contributed by atoms with E-state index in [-0.39, 0.29) is 32.7 Å². The number of halogens is 3. The third-order valence-electron chi connectivity index (χ3n) is 4.44. The smallest absolute Gasteiger partial charge is 0.416 e. The Bertz CT molecular complexity index is 1020. The van der Waals surface area contributed by atoms with Crippen molar-refractivity contribution in [1.82, 2.24) is 0 Å². The SMILES string of the molecule is C=Cc1cc(-c2ccc(C(F)(F)F)cc2)sc1CCc1cc[c-]c(C)c1.[CH2-]C(=O)OC.[Y]. The molecule has 2 nitrogen and oxygen atoms in total. The van der Waals surface area contributed by atoms with Crippen LogP contribution in [-0.2, 0) is 61.3 Å². The second-order valence-corrected chi connectivity index (χ2v) is 7.86. The first kappa shape index (κ1) is 28.1. The Morgan fingerprint density at radius 3 is 2.31 bits per heavy atom. The van der Waals surface area contributed by atoms with Crippen molar-refractivity contribution in [3.63, 3.8) is 0 Å². The van der Waals surface area contributed by atoms with Crippen LogP contribution >= 0.6 is 11.3 Å². The third-order valence-corrected chi connectivity index (χ3v) is 5.70. The van der Waals surface area contributed by atoms with E-state index in [9.17, 15) is 18.0 Å². The van der Waals surface area contributed by atoms with E-state index >= 15 is 0 Å². The molecule has 2 aromatic carbocycles. The molecule has 0 fully saturated rings. The van der Waals surface area contributed by atoms with Crippen molar-refractivity contribution in [1.29, 1.82) is 0 Å². The van der Waals surface area contributed by atoms with Crippen molar-refractivity contribution < 1.29 is 55.4 Å². The molecule has 3 rings (SSSR count). The normalized spacial score (nSPS) is 10.4. The van der Waals surface area contributed by atoms with Crippen LogP contribution in [0.15, 0.2) is 55.1 Å². The van der Waals surface area contributed by atoms with Gasteiger partial charge in [0.25, 0.3) is 0 Å². The molecule has 32 heavy (non-hydrogen) atoms. The maximum Gasteiger partial charge on any atom is 0.416 e. The standard InChI is InChI=1S/C22H18F3S.C3H5O2.Y/c1-3-17-14-21(18-8-10-19(11-9-18)22(23,24)25)26-20(17)12-7-16-6-4-5-15(2)13-16;1-3(4)5-2;/h3-4,6,8-11,13-14H,1,7,12H2,2H3;1H2,2H3;/q2*-1;. The first-order valence-electron chi connectivity index (χ1n) is 9.44. The number of ether oxygens (including phenoxy) is 1. The molecule has 167 valence electrons. The molecule has 0 spiro atoms. The number of rotatable bonds is 5. The van der Waals surface area contributed by atoms with Crippen LogP contribution in [0.5, 0.6) is 0 Å². The Labute approximate surface area is 216 Å². The number of alkyl halides is 3. The van der Waals surface area contributed by atoms with E-state index in [1.807, 2.05) is 25.1 Å². The maximum absolute atomic E-state index is 12.7. The van der Waals surface area contributed by atoms with E-state index in [1.165, 1.54) is 29.7 Å². The Balaban J connectivity index is 0.000000770. The van der Waals surface area contributed by atoms with Crippen molar-refractivity contribution >= 4 is 23.4 Å². The fraction of sp³-hybridized carbons (Fsp3) is 0.200. The van der Waals surface area contributed by atoms with E-state index in [1.54, 1.807) is 11.3 Å². The first-order valence-corrected chi connectivity index (χ1v) is 10.3. The molecule has 0 bridgehead atoms. The Morgan fingerprint density at radius 2 is 1.81 bits per heavy atom. The minimum absolute atomic E-state index is 0. The van der Waals surface area contributed by atoms with Crippen molar-refractivity contribution in [3.8, 4) is 10.4 Å². The molecule has 0 unspecified atom stereocenters. The van der Waals surface area contributed by atoms with Gasteiger partial charge in [-0.2, -0.15) is 48.6 Å². The fourth-order valence-corrected chi connectivity index (χ4v) is 4.01. The van der Waals surface area contributed by atoms with Crippen molar-refractivity contribution in [2.24, 2.45) is 0 Å². The van der Waals surface area contributed by atoms with E-state index in [0.29, 0.717) is 0 Å². The van der Waals surface area contributed by atoms with E-state index in [2.05, 4.69) is 36.4 Å². The molecule has 0 amide bonds. The van der Waals surface area contributed by atoms with Crippen LogP contribution in [0, 0.1) is 19.9 Å². The molecule has 3 aromatic rings. The number of hydrogen-bond acceptors (Lipinski definition) is 3.